The maximum atomic E-state index is 5.52. The minimum absolute atomic E-state index is 0.152. The van der Waals surface area contributed by atoms with Crippen molar-refractivity contribution < 1.29 is 0 Å². The number of anilines is 2. The Bertz CT molecular complexity index is 554. The second-order valence-corrected chi connectivity index (χ2v) is 5.36. The third kappa shape index (κ3) is 3.05. The van der Waals surface area contributed by atoms with E-state index in [1.54, 1.807) is 11.3 Å². The van der Waals surface area contributed by atoms with E-state index in [-0.39, 0.29) is 6.04 Å². The van der Waals surface area contributed by atoms with Gasteiger partial charge in [0, 0.05) is 23.6 Å². The fourth-order valence-corrected chi connectivity index (χ4v) is 2.68. The van der Waals surface area contributed by atoms with E-state index < -0.39 is 0 Å². The number of aryl methyl sites for hydroxylation is 1. The predicted molar refractivity (Wildman–Crippen MR) is 82.7 cm³/mol. The van der Waals surface area contributed by atoms with Crippen LogP contribution in [0.5, 0.6) is 0 Å². The van der Waals surface area contributed by atoms with Gasteiger partial charge in [-0.2, -0.15) is 0 Å². The van der Waals surface area contributed by atoms with Gasteiger partial charge >= 0.3 is 0 Å². The van der Waals surface area contributed by atoms with E-state index in [4.69, 9.17) is 5.84 Å². The minimum atomic E-state index is 0.152. The first-order valence-corrected chi connectivity index (χ1v) is 7.57. The van der Waals surface area contributed by atoms with Crippen molar-refractivity contribution >= 4 is 23.0 Å². The summed E-state index contributed by atoms with van der Waals surface area (Å²) < 4.78 is 0. The van der Waals surface area contributed by atoms with E-state index in [2.05, 4.69) is 32.6 Å². The van der Waals surface area contributed by atoms with Gasteiger partial charge in [-0.1, -0.05) is 13.8 Å². The lowest BCUT2D eigenvalue weighted by atomic mass is 10.2. The number of rotatable bonds is 6. The number of hydrazine groups is 1. The van der Waals surface area contributed by atoms with Crippen molar-refractivity contribution in [1.82, 2.24) is 15.0 Å². The molecule has 0 saturated heterocycles. The molecule has 20 heavy (non-hydrogen) atoms. The van der Waals surface area contributed by atoms with Gasteiger partial charge in [0.15, 0.2) is 0 Å². The van der Waals surface area contributed by atoms with Gasteiger partial charge in [0.1, 0.15) is 22.5 Å². The van der Waals surface area contributed by atoms with Crippen molar-refractivity contribution in [1.29, 1.82) is 0 Å². The Hall–Kier alpha value is -1.73. The zero-order chi connectivity index (χ0) is 14.5. The molecular formula is C13H20N6S. The summed E-state index contributed by atoms with van der Waals surface area (Å²) in [7, 11) is 0. The number of nitrogens with one attached hydrogen (secondary N) is 2. The lowest BCUT2D eigenvalue weighted by Gasteiger charge is -2.18. The Balaban J connectivity index is 2.32. The van der Waals surface area contributed by atoms with Crippen LogP contribution in [0.25, 0.3) is 0 Å². The van der Waals surface area contributed by atoms with Crippen molar-refractivity contribution in [2.45, 2.75) is 39.7 Å². The summed E-state index contributed by atoms with van der Waals surface area (Å²) in [5.74, 6) is 7.76. The molecule has 1 unspecified atom stereocenters. The molecule has 0 aromatic carbocycles. The predicted octanol–water partition coefficient (Wildman–Crippen LogP) is 2.65. The zero-order valence-electron chi connectivity index (χ0n) is 12.0. The molecule has 0 aliphatic rings. The Morgan fingerprint density at radius 1 is 1.30 bits per heavy atom. The summed E-state index contributed by atoms with van der Waals surface area (Å²) in [6.07, 6.45) is 3.52. The molecule has 108 valence electrons. The highest BCUT2D eigenvalue weighted by atomic mass is 32.1. The molecule has 6 nitrogen and oxygen atoms in total. The van der Waals surface area contributed by atoms with Crippen LogP contribution < -0.4 is 16.6 Å². The highest BCUT2D eigenvalue weighted by Gasteiger charge is 2.16. The molecule has 0 amide bonds. The number of nitrogen functional groups attached to an aromatic ring is 1. The van der Waals surface area contributed by atoms with E-state index >= 15 is 0 Å². The quantitative estimate of drug-likeness (QED) is 0.560. The summed E-state index contributed by atoms with van der Waals surface area (Å²) >= 11 is 1.64. The molecule has 0 fully saturated rings. The van der Waals surface area contributed by atoms with Crippen molar-refractivity contribution in [2.24, 2.45) is 5.84 Å². The van der Waals surface area contributed by atoms with Gasteiger partial charge < -0.3 is 10.7 Å². The van der Waals surface area contributed by atoms with Gasteiger partial charge in [0.25, 0.3) is 0 Å². The molecule has 0 bridgehead atoms. The molecule has 0 spiro atoms. The molecule has 0 saturated carbocycles. The third-order valence-electron chi connectivity index (χ3n) is 3.11. The number of thiazole rings is 1. The molecule has 0 radical (unpaired) electrons. The molecule has 1 atom stereocenters. The summed E-state index contributed by atoms with van der Waals surface area (Å²) in [5, 5.41) is 6.49. The summed E-state index contributed by atoms with van der Waals surface area (Å²) in [5.41, 5.74) is 3.55. The van der Waals surface area contributed by atoms with Gasteiger partial charge in [-0.3, -0.25) is 0 Å². The highest BCUT2D eigenvalue weighted by molar-refractivity contribution is 7.09. The first-order valence-electron chi connectivity index (χ1n) is 6.69. The average Bonchev–Trinajstić information content (AvgIpc) is 3.00. The van der Waals surface area contributed by atoms with Gasteiger partial charge in [-0.25, -0.2) is 20.8 Å². The lowest BCUT2D eigenvalue weighted by molar-refractivity contribution is 0.733. The van der Waals surface area contributed by atoms with Gasteiger partial charge in [0.05, 0.1) is 6.04 Å². The van der Waals surface area contributed by atoms with Crippen molar-refractivity contribution in [3.05, 3.63) is 28.0 Å². The largest absolute Gasteiger partial charge is 0.360 e. The second-order valence-electron chi connectivity index (χ2n) is 4.44. The Morgan fingerprint density at radius 3 is 2.60 bits per heavy atom. The van der Waals surface area contributed by atoms with Crippen LogP contribution in [0.4, 0.5) is 11.6 Å². The Kier molecular flexibility index (Phi) is 4.86. The van der Waals surface area contributed by atoms with Crippen LogP contribution in [0.15, 0.2) is 11.6 Å². The molecule has 0 aliphatic carbocycles. The van der Waals surface area contributed by atoms with Crippen molar-refractivity contribution in [3.63, 3.8) is 0 Å². The minimum Gasteiger partial charge on any atom is -0.360 e. The second kappa shape index (κ2) is 6.62. The maximum absolute atomic E-state index is 5.52. The lowest BCUT2D eigenvalue weighted by Crippen LogP contribution is -2.17. The number of aromatic nitrogens is 3. The molecule has 2 heterocycles. The van der Waals surface area contributed by atoms with Gasteiger partial charge in [0.2, 0.25) is 0 Å². The molecule has 2 aromatic heterocycles. The molecule has 2 rings (SSSR count). The first kappa shape index (κ1) is 14.7. The molecule has 7 heteroatoms. The number of nitrogens with two attached hydrogens (primary N) is 1. The van der Waals surface area contributed by atoms with E-state index in [1.807, 2.05) is 25.4 Å². The topological polar surface area (TPSA) is 88.8 Å². The molecule has 0 aliphatic heterocycles. The van der Waals surface area contributed by atoms with Crippen LogP contribution in [0.1, 0.15) is 42.7 Å². The highest BCUT2D eigenvalue weighted by Crippen LogP contribution is 2.27. The van der Waals surface area contributed by atoms with Crippen LogP contribution in [-0.2, 0) is 6.42 Å². The van der Waals surface area contributed by atoms with E-state index in [9.17, 15) is 0 Å². The van der Waals surface area contributed by atoms with Crippen molar-refractivity contribution in [2.75, 3.05) is 10.7 Å². The third-order valence-corrected chi connectivity index (χ3v) is 4.00. The zero-order valence-corrected chi connectivity index (χ0v) is 12.8. The summed E-state index contributed by atoms with van der Waals surface area (Å²) in [6.45, 7) is 6.09. The maximum Gasteiger partial charge on any atom is 0.148 e. The fraction of sp³-hybridized carbons (Fsp3) is 0.462. The van der Waals surface area contributed by atoms with Gasteiger partial charge in [-0.15, -0.1) is 11.3 Å². The monoisotopic (exact) mass is 292 g/mol. The first-order chi connectivity index (χ1) is 9.69. The summed E-state index contributed by atoms with van der Waals surface area (Å²) in [4.78, 5) is 13.3. The molecule has 2 aromatic rings. The summed E-state index contributed by atoms with van der Waals surface area (Å²) in [6, 6.07) is 0.152. The molecule has 4 N–H and O–H groups in total. The Labute approximate surface area is 122 Å². The van der Waals surface area contributed by atoms with Crippen LogP contribution >= 0.6 is 11.3 Å². The van der Waals surface area contributed by atoms with Crippen LogP contribution in [0.3, 0.4) is 0 Å². The normalized spacial score (nSPS) is 12.2. The van der Waals surface area contributed by atoms with Gasteiger partial charge in [-0.05, 0) is 13.3 Å². The number of nitrogens with zero attached hydrogens (tertiary/aromatic N) is 3. The van der Waals surface area contributed by atoms with E-state index in [1.165, 1.54) is 0 Å². The van der Waals surface area contributed by atoms with Crippen LogP contribution in [0, 0.1) is 6.92 Å². The van der Waals surface area contributed by atoms with E-state index in [0.29, 0.717) is 5.82 Å². The van der Waals surface area contributed by atoms with Crippen molar-refractivity contribution in [3.8, 4) is 0 Å². The van der Waals surface area contributed by atoms with Crippen LogP contribution in [0.2, 0.25) is 0 Å². The smallest absolute Gasteiger partial charge is 0.148 e. The standard InChI is InChI=1S/C13H20N6S/c1-4-9(13-15-6-7-20-13)16-11-8(3)12(19-14)18-10(5-2)17-11/h6-7,9H,4-5,14H2,1-3H3,(H2,16,17,18,19). The van der Waals surface area contributed by atoms with E-state index in [0.717, 1.165) is 35.1 Å². The average molecular weight is 292 g/mol. The SMILES string of the molecule is CCc1nc(NN)c(C)c(NC(CC)c2nccs2)n1. The Morgan fingerprint density at radius 2 is 2.05 bits per heavy atom. The fourth-order valence-electron chi connectivity index (χ4n) is 1.91. The number of hydrogen-bond donors (Lipinski definition) is 3. The number of hydrogen-bond acceptors (Lipinski definition) is 7. The molecular weight excluding hydrogens is 272 g/mol. The van der Waals surface area contributed by atoms with Crippen LogP contribution in [-0.4, -0.2) is 15.0 Å².